The lowest BCUT2D eigenvalue weighted by Crippen LogP contribution is -2.56. The van der Waals surface area contributed by atoms with E-state index in [1.54, 1.807) is 0 Å². The summed E-state index contributed by atoms with van der Waals surface area (Å²) in [7, 11) is 0. The second-order valence-electron chi connectivity index (χ2n) is 3.16. The van der Waals surface area contributed by atoms with Crippen molar-refractivity contribution in [3.05, 3.63) is 12.2 Å². The molecule has 1 heterocycles. The van der Waals surface area contributed by atoms with E-state index in [0.29, 0.717) is 5.57 Å². The number of Topliss-reactive ketones (excluding diaryl/α,β-unsaturated/α-hetero) is 1. The zero-order valence-corrected chi connectivity index (χ0v) is 8.94. The number of hydrogen-bond donors (Lipinski definition) is 0. The fourth-order valence-corrected chi connectivity index (χ4v) is 1.10. The fourth-order valence-electron chi connectivity index (χ4n) is 1.10. The van der Waals surface area contributed by atoms with Crippen molar-refractivity contribution in [3.63, 3.8) is 0 Å². The van der Waals surface area contributed by atoms with Crippen molar-refractivity contribution >= 4 is 5.78 Å². The summed E-state index contributed by atoms with van der Waals surface area (Å²) in [5.74, 6) is -2.69. The van der Waals surface area contributed by atoms with E-state index in [1.165, 1.54) is 11.8 Å². The Labute approximate surface area is 83.6 Å². The molecule has 0 aromatic carbocycles. The van der Waals surface area contributed by atoms with Crippen LogP contribution in [-0.4, -0.2) is 36.2 Å². The van der Waals surface area contributed by atoms with Crippen LogP contribution >= 0.6 is 0 Å². The fraction of sp³-hybridized carbons (Fsp3) is 0.700. The van der Waals surface area contributed by atoms with Gasteiger partial charge in [-0.15, -0.1) is 0 Å². The van der Waals surface area contributed by atoms with Crippen LogP contribution in [0, 0.1) is 0 Å². The van der Waals surface area contributed by atoms with E-state index in [4.69, 9.17) is 0 Å². The topological polar surface area (TPSA) is 20.3 Å². The SMILES string of the molecule is C=C(CN1CC(F)(F)C1)C(C)=O.CC. The Bertz CT molecular complexity index is 218. The largest absolute Gasteiger partial charge is 0.295 e. The van der Waals surface area contributed by atoms with E-state index in [-0.39, 0.29) is 25.4 Å². The quantitative estimate of drug-likeness (QED) is 0.658. The molecule has 4 heteroatoms. The number of rotatable bonds is 3. The van der Waals surface area contributed by atoms with Crippen molar-refractivity contribution in [2.24, 2.45) is 0 Å². The van der Waals surface area contributed by atoms with Crippen molar-refractivity contribution in [1.82, 2.24) is 4.90 Å². The van der Waals surface area contributed by atoms with Gasteiger partial charge in [-0.3, -0.25) is 9.69 Å². The number of likely N-dealkylation sites (tertiary alicyclic amines) is 1. The van der Waals surface area contributed by atoms with Gasteiger partial charge in [-0.05, 0) is 6.92 Å². The number of ketones is 1. The molecule has 0 saturated carbocycles. The zero-order chi connectivity index (χ0) is 11.4. The van der Waals surface area contributed by atoms with Crippen molar-refractivity contribution in [2.45, 2.75) is 26.7 Å². The van der Waals surface area contributed by atoms with Gasteiger partial charge < -0.3 is 0 Å². The first-order chi connectivity index (χ1) is 6.41. The second-order valence-corrected chi connectivity index (χ2v) is 3.16. The summed E-state index contributed by atoms with van der Waals surface area (Å²) in [4.78, 5) is 12.2. The molecule has 0 unspecified atom stereocenters. The van der Waals surface area contributed by atoms with Crippen molar-refractivity contribution in [1.29, 1.82) is 0 Å². The Hall–Kier alpha value is -0.770. The van der Waals surface area contributed by atoms with Gasteiger partial charge in [0.05, 0.1) is 13.1 Å². The van der Waals surface area contributed by atoms with E-state index in [0.717, 1.165) is 0 Å². The summed E-state index contributed by atoms with van der Waals surface area (Å²) >= 11 is 0. The minimum absolute atomic E-state index is 0.134. The van der Waals surface area contributed by atoms with Crippen LogP contribution in [0.4, 0.5) is 8.78 Å². The average Bonchev–Trinajstić information content (AvgIpc) is 2.04. The van der Waals surface area contributed by atoms with Crippen LogP contribution in [0.3, 0.4) is 0 Å². The molecule has 0 atom stereocenters. The molecule has 0 aliphatic carbocycles. The van der Waals surface area contributed by atoms with Crippen LogP contribution in [0.2, 0.25) is 0 Å². The van der Waals surface area contributed by atoms with Crippen molar-refractivity contribution in [3.8, 4) is 0 Å². The van der Waals surface area contributed by atoms with Gasteiger partial charge in [-0.2, -0.15) is 0 Å². The molecular formula is C10H17F2NO. The van der Waals surface area contributed by atoms with Gasteiger partial charge >= 0.3 is 0 Å². The molecule has 0 aromatic rings. The third kappa shape index (κ3) is 3.96. The summed E-state index contributed by atoms with van der Waals surface area (Å²) in [6.45, 7) is 8.64. The van der Waals surface area contributed by atoms with Gasteiger partial charge in [0.2, 0.25) is 0 Å². The molecule has 1 aliphatic heterocycles. The standard InChI is InChI=1S/C8H11F2NO.C2H6/c1-6(7(2)12)3-11-4-8(9,10)5-11;1-2/h1,3-5H2,2H3;1-2H3. The van der Waals surface area contributed by atoms with Crippen LogP contribution in [0.15, 0.2) is 12.2 Å². The van der Waals surface area contributed by atoms with Crippen LogP contribution in [0.1, 0.15) is 20.8 Å². The second kappa shape index (κ2) is 5.20. The third-order valence-corrected chi connectivity index (χ3v) is 1.82. The highest BCUT2D eigenvalue weighted by atomic mass is 19.3. The normalized spacial score (nSPS) is 18.9. The Morgan fingerprint density at radius 3 is 2.14 bits per heavy atom. The van der Waals surface area contributed by atoms with E-state index in [2.05, 4.69) is 6.58 Å². The van der Waals surface area contributed by atoms with E-state index >= 15 is 0 Å². The lowest BCUT2D eigenvalue weighted by Gasteiger charge is -2.38. The van der Waals surface area contributed by atoms with Gasteiger partial charge in [-0.1, -0.05) is 20.4 Å². The van der Waals surface area contributed by atoms with E-state index < -0.39 is 5.92 Å². The monoisotopic (exact) mass is 205 g/mol. The first kappa shape index (κ1) is 13.2. The predicted molar refractivity (Wildman–Crippen MR) is 52.6 cm³/mol. The summed E-state index contributed by atoms with van der Waals surface area (Å²) in [6, 6.07) is 0. The minimum atomic E-state index is -2.56. The molecule has 1 fully saturated rings. The molecule has 1 saturated heterocycles. The first-order valence-electron chi connectivity index (χ1n) is 4.69. The van der Waals surface area contributed by atoms with Crippen molar-refractivity contribution in [2.75, 3.05) is 19.6 Å². The van der Waals surface area contributed by atoms with Gasteiger partial charge in [0, 0.05) is 12.1 Å². The molecular weight excluding hydrogens is 188 g/mol. The van der Waals surface area contributed by atoms with Crippen molar-refractivity contribution < 1.29 is 13.6 Å². The molecule has 0 aromatic heterocycles. The van der Waals surface area contributed by atoms with E-state index in [9.17, 15) is 13.6 Å². The summed E-state index contributed by atoms with van der Waals surface area (Å²) in [5.41, 5.74) is 0.394. The molecule has 0 N–H and O–H groups in total. The number of carbonyl (C=O) groups is 1. The molecule has 82 valence electrons. The Balaban J connectivity index is 0.000000791. The summed E-state index contributed by atoms with van der Waals surface area (Å²) in [5, 5.41) is 0. The molecule has 0 radical (unpaired) electrons. The van der Waals surface area contributed by atoms with Crippen LogP contribution < -0.4 is 0 Å². The van der Waals surface area contributed by atoms with Gasteiger partial charge in [0.15, 0.2) is 5.78 Å². The molecule has 0 bridgehead atoms. The maximum atomic E-state index is 12.3. The number of nitrogens with zero attached hydrogens (tertiary/aromatic N) is 1. The minimum Gasteiger partial charge on any atom is -0.295 e. The molecule has 0 spiro atoms. The van der Waals surface area contributed by atoms with Crippen LogP contribution in [-0.2, 0) is 4.79 Å². The lowest BCUT2D eigenvalue weighted by molar-refractivity contribution is -0.129. The highest BCUT2D eigenvalue weighted by Gasteiger charge is 2.43. The predicted octanol–water partition coefficient (Wildman–Crippen LogP) is 2.11. The zero-order valence-electron chi connectivity index (χ0n) is 8.94. The number of carbonyl (C=O) groups excluding carboxylic acids is 1. The molecule has 1 rings (SSSR count). The number of hydrogen-bond acceptors (Lipinski definition) is 2. The highest BCUT2D eigenvalue weighted by Crippen LogP contribution is 2.26. The molecule has 1 aliphatic rings. The third-order valence-electron chi connectivity index (χ3n) is 1.82. The number of halogens is 2. The average molecular weight is 205 g/mol. The number of alkyl halides is 2. The molecule has 14 heavy (non-hydrogen) atoms. The lowest BCUT2D eigenvalue weighted by atomic mass is 10.1. The smallest absolute Gasteiger partial charge is 0.272 e. The molecule has 2 nitrogen and oxygen atoms in total. The maximum Gasteiger partial charge on any atom is 0.272 e. The van der Waals surface area contributed by atoms with Gasteiger partial charge in [-0.25, -0.2) is 8.78 Å². The molecule has 0 amide bonds. The van der Waals surface area contributed by atoms with Gasteiger partial charge in [0.1, 0.15) is 0 Å². The Morgan fingerprint density at radius 2 is 1.86 bits per heavy atom. The van der Waals surface area contributed by atoms with Crippen LogP contribution in [0.5, 0.6) is 0 Å². The summed E-state index contributed by atoms with van der Waals surface area (Å²) in [6.07, 6.45) is 0. The van der Waals surface area contributed by atoms with E-state index in [1.807, 2.05) is 13.8 Å². The highest BCUT2D eigenvalue weighted by molar-refractivity contribution is 5.92. The Morgan fingerprint density at radius 1 is 1.43 bits per heavy atom. The summed E-state index contributed by atoms with van der Waals surface area (Å²) < 4.78 is 24.6. The first-order valence-corrected chi connectivity index (χ1v) is 4.69. The maximum absolute atomic E-state index is 12.3. The Kier molecular flexibility index (Phi) is 4.91. The van der Waals surface area contributed by atoms with Crippen LogP contribution in [0.25, 0.3) is 0 Å². The van der Waals surface area contributed by atoms with Gasteiger partial charge in [0.25, 0.3) is 5.92 Å².